The van der Waals surface area contributed by atoms with E-state index in [2.05, 4.69) is 36.5 Å². The van der Waals surface area contributed by atoms with Gasteiger partial charge in [-0.3, -0.25) is 4.79 Å². The van der Waals surface area contributed by atoms with Gasteiger partial charge < -0.3 is 28.9 Å². The quantitative estimate of drug-likeness (QED) is 0.0221. The first-order valence-electron chi connectivity index (χ1n) is 25.9. The van der Waals surface area contributed by atoms with E-state index in [0.29, 0.717) is 66.4 Å². The summed E-state index contributed by atoms with van der Waals surface area (Å²) in [6, 6.07) is 8.72. The Morgan fingerprint density at radius 2 is 0.895 bits per heavy atom. The van der Waals surface area contributed by atoms with Gasteiger partial charge in [0.25, 0.3) is 5.70 Å². The highest BCUT2D eigenvalue weighted by atomic mass is 32.2. The van der Waals surface area contributed by atoms with E-state index in [4.69, 9.17) is 27.4 Å². The van der Waals surface area contributed by atoms with Crippen LogP contribution in [0.1, 0.15) is 77.0 Å². The maximum absolute atomic E-state index is 14.3. The average molecular weight is 1140 g/mol. The fourth-order valence-corrected chi connectivity index (χ4v) is 16.3. The molecule has 21 heteroatoms. The maximum atomic E-state index is 14.3. The van der Waals surface area contributed by atoms with Gasteiger partial charge in [0, 0.05) is 119 Å². The van der Waals surface area contributed by atoms with Crippen LogP contribution in [-0.2, 0) is 28.6 Å². The normalized spacial score (nSPS) is 23.2. The molecule has 0 aromatic carbocycles. The summed E-state index contributed by atoms with van der Waals surface area (Å²) in [5, 5.41) is 42.5. The molecule has 76 heavy (non-hydrogen) atoms. The van der Waals surface area contributed by atoms with Crippen molar-refractivity contribution in [3.63, 3.8) is 0 Å². The molecular formula is C55H67N9O6S6. The minimum atomic E-state index is -1.07. The average Bonchev–Trinajstić information content (AvgIpc) is 4.29. The topological polar surface area (TPSA) is 192 Å². The van der Waals surface area contributed by atoms with E-state index >= 15 is 0 Å². The Balaban J connectivity index is 1.32. The summed E-state index contributed by atoms with van der Waals surface area (Å²) >= 11 is 10.4. The van der Waals surface area contributed by atoms with Crippen LogP contribution < -0.4 is 0 Å². The van der Waals surface area contributed by atoms with Gasteiger partial charge in [-0.15, -0.1) is 0 Å². The fraction of sp³-hybridized carbons (Fsp3) is 0.618. The molecule has 3 unspecified atom stereocenters. The summed E-state index contributed by atoms with van der Waals surface area (Å²) in [5.41, 5.74) is 3.39. The van der Waals surface area contributed by atoms with Crippen LogP contribution in [0.4, 0.5) is 0 Å². The van der Waals surface area contributed by atoms with E-state index in [1.54, 1.807) is 70.6 Å². The number of hydrogen-bond acceptors (Lipinski definition) is 19. The van der Waals surface area contributed by atoms with Gasteiger partial charge in [0.1, 0.15) is 48.6 Å². The standard InChI is InChI=1S/C55H67N9O6S6/c1-60-51-43(26-40(76-23-20-73-5)29-50(51)64-16-10-11-17-64)52(61-2)55(67)70-36-37(34-68-53(65)46(32-58)41-24-38(74-21-18-71-3)27-48(44(41)30-56)62-12-6-7-13-62)35-69-54(66)47(33-59)42-25-39(75-22-19-72-4)28-49(45(42)31-57)63-14-8-9-15-63/h37-40H,6-29,34-36H2,3-5H3/b46-41+,47-42+,52-43-. The summed E-state index contributed by atoms with van der Waals surface area (Å²) in [5.74, 6) is 1.29. The Hall–Kier alpha value is -4.71. The highest BCUT2D eigenvalue weighted by Gasteiger charge is 2.37. The molecule has 0 radical (unpaired) electrons. The van der Waals surface area contributed by atoms with E-state index in [1.807, 2.05) is 30.9 Å². The number of carbonyl (C=O) groups is 3. The third-order valence-electron chi connectivity index (χ3n) is 14.2. The minimum Gasteiger partial charge on any atom is -0.470 e. The molecule has 0 amide bonds. The molecule has 3 atom stereocenters. The lowest BCUT2D eigenvalue weighted by atomic mass is 9.87. The number of carbonyl (C=O) groups excluding carboxylic acids is 3. The maximum Gasteiger partial charge on any atom is 0.349 e. The van der Waals surface area contributed by atoms with Crippen LogP contribution >= 0.6 is 70.6 Å². The number of likely N-dealkylation sites (tertiary alicyclic amines) is 3. The van der Waals surface area contributed by atoms with E-state index in [0.717, 1.165) is 129 Å². The van der Waals surface area contributed by atoms with Crippen molar-refractivity contribution in [3.05, 3.63) is 90.3 Å². The lowest BCUT2D eigenvalue weighted by Crippen LogP contribution is -2.30. The molecule has 3 aliphatic heterocycles. The second-order valence-corrected chi connectivity index (χ2v) is 26.3. The van der Waals surface area contributed by atoms with E-state index < -0.39 is 43.6 Å². The summed E-state index contributed by atoms with van der Waals surface area (Å²) in [4.78, 5) is 56.9. The molecule has 3 saturated heterocycles. The van der Waals surface area contributed by atoms with Gasteiger partial charge in [-0.1, -0.05) is 0 Å². The van der Waals surface area contributed by atoms with Gasteiger partial charge >= 0.3 is 17.9 Å². The van der Waals surface area contributed by atoms with Crippen LogP contribution in [0.25, 0.3) is 9.69 Å². The second-order valence-electron chi connectivity index (χ2n) is 19.1. The molecule has 0 saturated carbocycles. The molecule has 15 nitrogen and oxygen atoms in total. The number of thioether (sulfide) groups is 6. The van der Waals surface area contributed by atoms with Crippen molar-refractivity contribution in [1.29, 1.82) is 21.0 Å². The first-order valence-corrected chi connectivity index (χ1v) is 33.2. The number of hydrogen-bond donors (Lipinski definition) is 0. The molecule has 0 bridgehead atoms. The van der Waals surface area contributed by atoms with E-state index in [-0.39, 0.29) is 38.3 Å². The van der Waals surface area contributed by atoms with Crippen LogP contribution in [0.5, 0.6) is 0 Å². The first kappa shape index (κ1) is 60.5. The van der Waals surface area contributed by atoms with Crippen LogP contribution in [-0.4, -0.2) is 161 Å². The Kier molecular flexibility index (Phi) is 25.2. The van der Waals surface area contributed by atoms with Crippen molar-refractivity contribution < 1.29 is 28.6 Å². The predicted molar refractivity (Wildman–Crippen MR) is 308 cm³/mol. The zero-order valence-electron chi connectivity index (χ0n) is 43.8. The van der Waals surface area contributed by atoms with Crippen molar-refractivity contribution in [1.82, 2.24) is 14.7 Å². The molecule has 0 N–H and O–H groups in total. The fourth-order valence-electron chi connectivity index (χ4n) is 10.4. The molecular weight excluding hydrogens is 1080 g/mol. The molecule has 3 aliphatic carbocycles. The van der Waals surface area contributed by atoms with E-state index in [9.17, 15) is 35.4 Å². The highest BCUT2D eigenvalue weighted by molar-refractivity contribution is 8.03. The number of allylic oxidation sites excluding steroid dienone is 8. The lowest BCUT2D eigenvalue weighted by Gasteiger charge is -2.33. The Morgan fingerprint density at radius 3 is 1.24 bits per heavy atom. The van der Waals surface area contributed by atoms with Crippen LogP contribution in [0.2, 0.25) is 0 Å². The molecule has 3 fully saturated rings. The zero-order chi connectivity index (χ0) is 54.4. The largest absolute Gasteiger partial charge is 0.470 e. The summed E-state index contributed by atoms with van der Waals surface area (Å²) < 4.78 is 17.6. The molecule has 6 aliphatic rings. The number of ether oxygens (including phenoxy) is 3. The Bertz CT molecular complexity index is 2330. The van der Waals surface area contributed by atoms with Gasteiger partial charge in [0.15, 0.2) is 5.70 Å². The number of esters is 3. The first-order chi connectivity index (χ1) is 37.1. The van der Waals surface area contributed by atoms with Gasteiger partial charge in [-0.05, 0) is 99.7 Å². The third kappa shape index (κ3) is 16.0. The number of rotatable bonds is 24. The van der Waals surface area contributed by atoms with Crippen LogP contribution in [0.15, 0.2) is 67.5 Å². The molecule has 3 heterocycles. The van der Waals surface area contributed by atoms with Crippen LogP contribution in [0, 0.1) is 64.4 Å². The van der Waals surface area contributed by atoms with Crippen molar-refractivity contribution in [2.75, 3.05) is 112 Å². The lowest BCUT2D eigenvalue weighted by molar-refractivity contribution is -0.148. The summed E-state index contributed by atoms with van der Waals surface area (Å²) in [6.45, 7) is 19.6. The van der Waals surface area contributed by atoms with Crippen molar-refractivity contribution >= 4 is 88.5 Å². The molecule has 404 valence electrons. The van der Waals surface area contributed by atoms with Crippen molar-refractivity contribution in [2.24, 2.45) is 5.92 Å². The SMILES string of the molecule is [C-]#[N+]C1=C(N2CCCC2)CC(SCCSC)C/C1=C(/[N+]#[C-])C(=O)OCC(COC(=O)/C(C#N)=C1\CC(SCCSC)CC(N2CCCC2)=C1C#N)COC(=O)/C(C#N)=C1\CC(SCCSC)CC(N2CCCC2)=C1C#N. The minimum absolute atomic E-state index is 0.0148. The van der Waals surface area contributed by atoms with Gasteiger partial charge in [0.2, 0.25) is 0 Å². The third-order valence-corrected chi connectivity index (χ3v) is 20.5. The van der Waals surface area contributed by atoms with Gasteiger partial charge in [0.05, 0.1) is 36.8 Å². The highest BCUT2D eigenvalue weighted by Crippen LogP contribution is 2.44. The smallest absolute Gasteiger partial charge is 0.349 e. The van der Waals surface area contributed by atoms with E-state index in [1.165, 1.54) is 0 Å². The van der Waals surface area contributed by atoms with Crippen molar-refractivity contribution in [3.8, 4) is 24.3 Å². The predicted octanol–water partition coefficient (Wildman–Crippen LogP) is 9.80. The molecule has 0 aromatic rings. The summed E-state index contributed by atoms with van der Waals surface area (Å²) in [6.07, 6.45) is 14.8. The number of nitrogens with zero attached hydrogens (tertiary/aromatic N) is 9. The molecule has 0 spiro atoms. The molecule has 6 rings (SSSR count). The Labute approximate surface area is 475 Å². The van der Waals surface area contributed by atoms with Crippen LogP contribution in [0.3, 0.4) is 0 Å². The number of nitriles is 4. The Morgan fingerprint density at radius 1 is 0.539 bits per heavy atom. The summed E-state index contributed by atoms with van der Waals surface area (Å²) in [7, 11) is 0. The second kappa shape index (κ2) is 31.6. The zero-order valence-corrected chi connectivity index (χ0v) is 48.7. The monoisotopic (exact) mass is 1140 g/mol. The van der Waals surface area contributed by atoms with Gasteiger partial charge in [-0.2, -0.15) is 91.6 Å². The van der Waals surface area contributed by atoms with Crippen molar-refractivity contribution in [2.45, 2.75) is 92.8 Å². The molecule has 0 aromatic heterocycles. The van der Waals surface area contributed by atoms with Gasteiger partial charge in [-0.25, -0.2) is 19.3 Å².